The van der Waals surface area contributed by atoms with E-state index in [0.29, 0.717) is 5.75 Å². The van der Waals surface area contributed by atoms with Gasteiger partial charge >= 0.3 is 0 Å². The van der Waals surface area contributed by atoms with Crippen molar-refractivity contribution in [2.45, 2.75) is 18.7 Å². The first-order valence-corrected chi connectivity index (χ1v) is 9.60. The summed E-state index contributed by atoms with van der Waals surface area (Å²) in [4.78, 5) is 17.3. The Kier molecular flexibility index (Phi) is 5.66. The van der Waals surface area contributed by atoms with Crippen molar-refractivity contribution in [3.63, 3.8) is 0 Å². The van der Waals surface area contributed by atoms with Gasteiger partial charge in [0, 0.05) is 10.6 Å². The fourth-order valence-electron chi connectivity index (χ4n) is 2.26. The first kappa shape index (κ1) is 16.7. The Morgan fingerprint density at radius 2 is 2.17 bits per heavy atom. The molecule has 7 heteroatoms. The average Bonchev–Trinajstić information content (AvgIpc) is 3.29. The largest absolute Gasteiger partial charge is 0.349 e. The highest BCUT2D eigenvalue weighted by molar-refractivity contribution is 7.99. The van der Waals surface area contributed by atoms with E-state index in [1.54, 1.807) is 34.1 Å². The van der Waals surface area contributed by atoms with E-state index in [4.69, 9.17) is 0 Å². The fraction of sp³-hybridized carbons (Fsp3) is 0.235. The number of amides is 1. The Morgan fingerprint density at radius 3 is 2.83 bits per heavy atom. The van der Waals surface area contributed by atoms with Gasteiger partial charge in [0.2, 0.25) is 5.91 Å². The van der Waals surface area contributed by atoms with Crippen LogP contribution >= 0.6 is 23.1 Å². The Balaban J connectivity index is 1.48. The quantitative estimate of drug-likeness (QED) is 0.703. The van der Waals surface area contributed by atoms with Gasteiger partial charge in [-0.2, -0.15) is 5.10 Å². The van der Waals surface area contributed by atoms with E-state index in [0.717, 1.165) is 17.0 Å². The van der Waals surface area contributed by atoms with Crippen LogP contribution in [0.15, 0.2) is 54.4 Å². The molecule has 124 valence electrons. The highest BCUT2D eigenvalue weighted by Gasteiger charge is 2.10. The number of thiophene rings is 1. The molecule has 1 amide bonds. The molecule has 0 unspecified atom stereocenters. The Morgan fingerprint density at radius 1 is 1.33 bits per heavy atom. The highest BCUT2D eigenvalue weighted by Crippen LogP contribution is 2.18. The molecule has 0 aliphatic heterocycles. The number of nitrogens with zero attached hydrogens (tertiary/aromatic N) is 3. The lowest BCUT2D eigenvalue weighted by Crippen LogP contribution is -2.28. The van der Waals surface area contributed by atoms with Crippen LogP contribution in [0.3, 0.4) is 0 Å². The molecule has 3 rings (SSSR count). The maximum absolute atomic E-state index is 12.1. The predicted molar refractivity (Wildman–Crippen MR) is 98.4 cm³/mol. The molecule has 24 heavy (non-hydrogen) atoms. The van der Waals surface area contributed by atoms with Gasteiger partial charge < -0.3 is 5.32 Å². The molecule has 3 aromatic rings. The SMILES string of the molecule is C[C@H](NC(=O)CSCc1cccs1)c1ccc(-n2cncn2)cc1. The van der Waals surface area contributed by atoms with Crippen LogP contribution in [0.2, 0.25) is 0 Å². The van der Waals surface area contributed by atoms with Gasteiger partial charge in [-0.05, 0) is 36.1 Å². The average molecular weight is 358 g/mol. The van der Waals surface area contributed by atoms with Crippen molar-refractivity contribution in [1.29, 1.82) is 0 Å². The van der Waals surface area contributed by atoms with Crippen molar-refractivity contribution in [3.8, 4) is 5.69 Å². The first-order chi connectivity index (χ1) is 11.7. The molecular formula is C17H18N4OS2. The summed E-state index contributed by atoms with van der Waals surface area (Å²) in [6.07, 6.45) is 3.16. The molecule has 5 nitrogen and oxygen atoms in total. The number of carbonyl (C=O) groups excluding carboxylic acids is 1. The Bertz CT molecular complexity index is 755. The second-order valence-electron chi connectivity index (χ2n) is 5.29. The van der Waals surface area contributed by atoms with E-state index in [-0.39, 0.29) is 11.9 Å². The van der Waals surface area contributed by atoms with Crippen LogP contribution < -0.4 is 5.32 Å². The number of benzene rings is 1. The smallest absolute Gasteiger partial charge is 0.230 e. The van der Waals surface area contributed by atoms with Gasteiger partial charge in [-0.15, -0.1) is 23.1 Å². The van der Waals surface area contributed by atoms with E-state index in [1.165, 1.54) is 11.2 Å². The van der Waals surface area contributed by atoms with Crippen molar-refractivity contribution >= 4 is 29.0 Å². The maximum atomic E-state index is 12.1. The molecule has 0 saturated carbocycles. The molecule has 1 N–H and O–H groups in total. The summed E-state index contributed by atoms with van der Waals surface area (Å²) in [6, 6.07) is 12.0. The molecule has 0 saturated heterocycles. The Labute approximate surface area is 149 Å². The number of aromatic nitrogens is 3. The van der Waals surface area contributed by atoms with Gasteiger partial charge in [0.05, 0.1) is 17.5 Å². The highest BCUT2D eigenvalue weighted by atomic mass is 32.2. The molecule has 2 aromatic heterocycles. The lowest BCUT2D eigenvalue weighted by molar-refractivity contribution is -0.119. The zero-order chi connectivity index (χ0) is 16.8. The number of carbonyl (C=O) groups is 1. The van der Waals surface area contributed by atoms with E-state index in [1.807, 2.05) is 37.3 Å². The molecule has 0 aliphatic carbocycles. The third-order valence-electron chi connectivity index (χ3n) is 3.51. The minimum absolute atomic E-state index is 0.0235. The maximum Gasteiger partial charge on any atom is 0.230 e. The van der Waals surface area contributed by atoms with Crippen LogP contribution in [0, 0.1) is 0 Å². The second-order valence-corrected chi connectivity index (χ2v) is 7.31. The van der Waals surface area contributed by atoms with Crippen molar-refractivity contribution in [1.82, 2.24) is 20.1 Å². The summed E-state index contributed by atoms with van der Waals surface area (Å²) >= 11 is 3.36. The van der Waals surface area contributed by atoms with Gasteiger partial charge in [-0.1, -0.05) is 18.2 Å². The van der Waals surface area contributed by atoms with Gasteiger partial charge in [-0.3, -0.25) is 4.79 Å². The fourth-order valence-corrected chi connectivity index (χ4v) is 3.94. The normalized spacial score (nSPS) is 12.0. The summed E-state index contributed by atoms with van der Waals surface area (Å²) in [6.45, 7) is 1.99. The van der Waals surface area contributed by atoms with Gasteiger partial charge in [0.15, 0.2) is 0 Å². The van der Waals surface area contributed by atoms with Crippen LogP contribution in [-0.2, 0) is 10.5 Å². The van der Waals surface area contributed by atoms with Crippen LogP contribution in [0.25, 0.3) is 5.69 Å². The summed E-state index contributed by atoms with van der Waals surface area (Å²) < 4.78 is 1.70. The third-order valence-corrected chi connectivity index (χ3v) is 5.55. The molecular weight excluding hydrogens is 340 g/mol. The molecule has 0 bridgehead atoms. The Hall–Kier alpha value is -2.12. The lowest BCUT2D eigenvalue weighted by Gasteiger charge is -2.14. The van der Waals surface area contributed by atoms with Crippen LogP contribution in [0.4, 0.5) is 0 Å². The lowest BCUT2D eigenvalue weighted by atomic mass is 10.1. The van der Waals surface area contributed by atoms with Gasteiger partial charge in [-0.25, -0.2) is 9.67 Å². The van der Waals surface area contributed by atoms with E-state index < -0.39 is 0 Å². The van der Waals surface area contributed by atoms with E-state index in [9.17, 15) is 4.79 Å². The summed E-state index contributed by atoms with van der Waals surface area (Å²) in [5, 5.41) is 9.19. The standard InChI is InChI=1S/C17H18N4OS2/c1-13(20-17(22)10-23-9-16-3-2-8-24-16)14-4-6-15(7-5-14)21-12-18-11-19-21/h2-8,11-13H,9-10H2,1H3,(H,20,22)/t13-/m0/s1. The predicted octanol–water partition coefficient (Wildman–Crippen LogP) is 3.44. The number of hydrogen-bond donors (Lipinski definition) is 1. The van der Waals surface area contributed by atoms with Gasteiger partial charge in [0.1, 0.15) is 12.7 Å². The number of rotatable bonds is 7. The first-order valence-electron chi connectivity index (χ1n) is 7.57. The molecule has 0 aliphatic rings. The third kappa shape index (κ3) is 4.46. The molecule has 2 heterocycles. The number of hydrogen-bond acceptors (Lipinski definition) is 5. The van der Waals surface area contributed by atoms with Crippen molar-refractivity contribution in [2.75, 3.05) is 5.75 Å². The second kappa shape index (κ2) is 8.12. The zero-order valence-corrected chi connectivity index (χ0v) is 14.9. The molecule has 0 spiro atoms. The number of thioether (sulfide) groups is 1. The summed E-state index contributed by atoms with van der Waals surface area (Å²) in [5.74, 6) is 1.41. The molecule has 0 fully saturated rings. The molecule has 1 atom stereocenters. The molecule has 0 radical (unpaired) electrons. The monoisotopic (exact) mass is 358 g/mol. The van der Waals surface area contributed by atoms with E-state index >= 15 is 0 Å². The van der Waals surface area contributed by atoms with Gasteiger partial charge in [0.25, 0.3) is 0 Å². The topological polar surface area (TPSA) is 59.8 Å². The van der Waals surface area contributed by atoms with Crippen LogP contribution in [0.5, 0.6) is 0 Å². The number of nitrogens with one attached hydrogen (secondary N) is 1. The molecule has 1 aromatic carbocycles. The zero-order valence-electron chi connectivity index (χ0n) is 13.3. The van der Waals surface area contributed by atoms with Crippen molar-refractivity contribution < 1.29 is 4.79 Å². The minimum atomic E-state index is -0.0235. The summed E-state index contributed by atoms with van der Waals surface area (Å²) in [7, 11) is 0. The van der Waals surface area contributed by atoms with Crippen molar-refractivity contribution in [3.05, 3.63) is 64.9 Å². The van der Waals surface area contributed by atoms with Crippen LogP contribution in [-0.4, -0.2) is 26.4 Å². The van der Waals surface area contributed by atoms with Crippen molar-refractivity contribution in [2.24, 2.45) is 0 Å². The van der Waals surface area contributed by atoms with E-state index in [2.05, 4.69) is 26.8 Å². The minimum Gasteiger partial charge on any atom is -0.349 e. The summed E-state index contributed by atoms with van der Waals surface area (Å²) in [5.41, 5.74) is 2.01. The van der Waals surface area contributed by atoms with Crippen LogP contribution in [0.1, 0.15) is 23.4 Å².